The average Bonchev–Trinajstić information content (AvgIpc) is 2.98. The molecule has 4 nitrogen and oxygen atoms in total. The predicted molar refractivity (Wildman–Crippen MR) is 81.4 cm³/mol. The highest BCUT2D eigenvalue weighted by molar-refractivity contribution is 7.71. The SMILES string of the molecule is S=c1[nH]n2c3ccccc3nc2n1Cc1ccccc1. The quantitative estimate of drug-likeness (QED) is 0.571. The van der Waals surface area contributed by atoms with Gasteiger partial charge in [-0.15, -0.1) is 0 Å². The van der Waals surface area contributed by atoms with E-state index in [0.717, 1.165) is 23.4 Å². The van der Waals surface area contributed by atoms with E-state index in [9.17, 15) is 0 Å². The Morgan fingerprint density at radius 2 is 1.75 bits per heavy atom. The summed E-state index contributed by atoms with van der Waals surface area (Å²) in [5.74, 6) is 0.847. The molecule has 2 aromatic carbocycles. The normalized spacial score (nSPS) is 11.4. The largest absolute Gasteiger partial charge is 0.282 e. The molecule has 0 amide bonds. The third-order valence-corrected chi connectivity index (χ3v) is 3.73. The number of hydrogen-bond donors (Lipinski definition) is 1. The van der Waals surface area contributed by atoms with E-state index in [1.54, 1.807) is 0 Å². The second kappa shape index (κ2) is 4.31. The van der Waals surface area contributed by atoms with Gasteiger partial charge in [0.25, 0.3) is 0 Å². The Hall–Kier alpha value is -2.40. The zero-order chi connectivity index (χ0) is 13.5. The van der Waals surface area contributed by atoms with Gasteiger partial charge in [-0.1, -0.05) is 42.5 Å². The molecule has 2 aromatic heterocycles. The first-order chi connectivity index (χ1) is 9.83. The summed E-state index contributed by atoms with van der Waals surface area (Å²) in [6, 6.07) is 18.3. The first-order valence-corrected chi connectivity index (χ1v) is 6.84. The molecule has 4 aromatic rings. The molecule has 0 unspecified atom stereocenters. The second-order valence-corrected chi connectivity index (χ2v) is 5.11. The molecule has 5 heteroatoms. The van der Waals surface area contributed by atoms with Crippen molar-refractivity contribution < 1.29 is 0 Å². The number of benzene rings is 2. The molecule has 0 saturated heterocycles. The lowest BCUT2D eigenvalue weighted by Gasteiger charge is -2.01. The molecule has 0 fully saturated rings. The van der Waals surface area contributed by atoms with Crippen molar-refractivity contribution in [3.63, 3.8) is 0 Å². The third kappa shape index (κ3) is 1.67. The van der Waals surface area contributed by atoms with Crippen LogP contribution in [0.3, 0.4) is 0 Å². The first kappa shape index (κ1) is 11.4. The lowest BCUT2D eigenvalue weighted by Crippen LogP contribution is -2.00. The number of fused-ring (bicyclic) bond motifs is 3. The van der Waals surface area contributed by atoms with E-state index < -0.39 is 0 Å². The van der Waals surface area contributed by atoms with Gasteiger partial charge in [0.1, 0.15) is 0 Å². The average molecular weight is 280 g/mol. The summed E-state index contributed by atoms with van der Waals surface area (Å²) in [5, 5.41) is 3.20. The standard InChI is InChI=1S/C15H12N4S/c20-15-17-19-13-9-5-4-8-12(13)16-14(19)18(15)10-11-6-2-1-3-7-11/h1-9H,10H2,(H,17,20). The van der Waals surface area contributed by atoms with Crippen molar-refractivity contribution in [3.05, 3.63) is 64.9 Å². The van der Waals surface area contributed by atoms with E-state index in [1.807, 2.05) is 51.5 Å². The van der Waals surface area contributed by atoms with Gasteiger partial charge in [-0.25, -0.2) is 9.50 Å². The van der Waals surface area contributed by atoms with Crippen LogP contribution in [-0.2, 0) is 6.54 Å². The summed E-state index contributed by atoms with van der Waals surface area (Å²) in [5.41, 5.74) is 3.22. The molecule has 0 radical (unpaired) electrons. The summed E-state index contributed by atoms with van der Waals surface area (Å²) in [6.07, 6.45) is 0. The van der Waals surface area contributed by atoms with Gasteiger partial charge in [0.2, 0.25) is 5.78 Å². The van der Waals surface area contributed by atoms with Crippen LogP contribution in [0.2, 0.25) is 0 Å². The highest BCUT2D eigenvalue weighted by atomic mass is 32.1. The van der Waals surface area contributed by atoms with Gasteiger partial charge in [0.05, 0.1) is 17.6 Å². The number of aromatic amines is 1. The molecule has 0 atom stereocenters. The smallest absolute Gasteiger partial charge is 0.232 e. The van der Waals surface area contributed by atoms with Crippen molar-refractivity contribution in [1.82, 2.24) is 19.2 Å². The fourth-order valence-corrected chi connectivity index (χ4v) is 2.70. The van der Waals surface area contributed by atoms with Crippen molar-refractivity contribution in [3.8, 4) is 0 Å². The molecule has 1 N–H and O–H groups in total. The molecule has 98 valence electrons. The van der Waals surface area contributed by atoms with Crippen LogP contribution < -0.4 is 0 Å². The molecule has 0 saturated carbocycles. The predicted octanol–water partition coefficient (Wildman–Crippen LogP) is 3.39. The molecule has 20 heavy (non-hydrogen) atoms. The van der Waals surface area contributed by atoms with E-state index in [-0.39, 0.29) is 0 Å². The molecular formula is C15H12N4S. The van der Waals surface area contributed by atoms with Crippen LogP contribution in [0.25, 0.3) is 16.8 Å². The number of nitrogens with one attached hydrogen (secondary N) is 1. The Labute approximate surface area is 120 Å². The zero-order valence-electron chi connectivity index (χ0n) is 10.7. The molecule has 0 aliphatic heterocycles. The number of hydrogen-bond acceptors (Lipinski definition) is 2. The topological polar surface area (TPSA) is 38.0 Å². The van der Waals surface area contributed by atoms with Crippen LogP contribution in [0, 0.1) is 4.77 Å². The summed E-state index contributed by atoms with van der Waals surface area (Å²) in [6.45, 7) is 0.718. The highest BCUT2D eigenvalue weighted by Crippen LogP contribution is 2.17. The Bertz CT molecular complexity index is 946. The van der Waals surface area contributed by atoms with Crippen LogP contribution in [0.4, 0.5) is 0 Å². The molecule has 0 spiro atoms. The third-order valence-electron chi connectivity index (χ3n) is 3.42. The second-order valence-electron chi connectivity index (χ2n) is 4.72. The molecule has 0 aliphatic rings. The van der Waals surface area contributed by atoms with Crippen molar-refractivity contribution in [2.75, 3.05) is 0 Å². The Balaban J connectivity index is 1.95. The van der Waals surface area contributed by atoms with E-state index in [0.29, 0.717) is 4.77 Å². The lowest BCUT2D eigenvalue weighted by atomic mass is 10.2. The van der Waals surface area contributed by atoms with Crippen LogP contribution in [0.1, 0.15) is 5.56 Å². The number of para-hydroxylation sites is 2. The maximum absolute atomic E-state index is 5.42. The first-order valence-electron chi connectivity index (χ1n) is 6.43. The number of rotatable bonds is 2. The number of imidazole rings is 1. The Morgan fingerprint density at radius 1 is 1.00 bits per heavy atom. The van der Waals surface area contributed by atoms with Gasteiger partial charge in [0.15, 0.2) is 4.77 Å². The minimum absolute atomic E-state index is 0.683. The molecular weight excluding hydrogens is 268 g/mol. The molecule has 4 rings (SSSR count). The zero-order valence-corrected chi connectivity index (χ0v) is 11.5. The Kier molecular flexibility index (Phi) is 2.47. The number of H-pyrrole nitrogens is 1. The van der Waals surface area contributed by atoms with Gasteiger partial charge in [-0.2, -0.15) is 0 Å². The van der Waals surface area contributed by atoms with E-state index in [1.165, 1.54) is 5.56 Å². The van der Waals surface area contributed by atoms with Gasteiger partial charge in [0, 0.05) is 0 Å². The number of aromatic nitrogens is 4. The molecule has 0 aliphatic carbocycles. The maximum atomic E-state index is 5.42. The van der Waals surface area contributed by atoms with E-state index >= 15 is 0 Å². The monoisotopic (exact) mass is 280 g/mol. The fraction of sp³-hybridized carbons (Fsp3) is 0.0667. The van der Waals surface area contributed by atoms with Crippen LogP contribution in [-0.4, -0.2) is 19.2 Å². The molecule has 0 bridgehead atoms. The van der Waals surface area contributed by atoms with Crippen LogP contribution in [0.5, 0.6) is 0 Å². The van der Waals surface area contributed by atoms with Crippen molar-refractivity contribution >= 4 is 29.0 Å². The minimum Gasteiger partial charge on any atom is -0.282 e. The van der Waals surface area contributed by atoms with Crippen molar-refractivity contribution in [2.45, 2.75) is 6.54 Å². The maximum Gasteiger partial charge on any atom is 0.232 e. The van der Waals surface area contributed by atoms with Gasteiger partial charge in [-0.05, 0) is 29.9 Å². The number of nitrogens with zero attached hydrogens (tertiary/aromatic N) is 3. The minimum atomic E-state index is 0.683. The van der Waals surface area contributed by atoms with Crippen LogP contribution in [0.15, 0.2) is 54.6 Å². The van der Waals surface area contributed by atoms with E-state index in [2.05, 4.69) is 22.2 Å². The summed E-state index contributed by atoms with van der Waals surface area (Å²) >= 11 is 5.42. The molecule has 2 heterocycles. The highest BCUT2D eigenvalue weighted by Gasteiger charge is 2.10. The summed E-state index contributed by atoms with van der Waals surface area (Å²) in [4.78, 5) is 4.66. The van der Waals surface area contributed by atoms with Gasteiger partial charge in [-0.3, -0.25) is 9.67 Å². The van der Waals surface area contributed by atoms with Gasteiger partial charge < -0.3 is 0 Å². The van der Waals surface area contributed by atoms with E-state index in [4.69, 9.17) is 12.2 Å². The summed E-state index contributed by atoms with van der Waals surface area (Å²) in [7, 11) is 0. The Morgan fingerprint density at radius 3 is 2.60 bits per heavy atom. The fourth-order valence-electron chi connectivity index (χ4n) is 2.46. The van der Waals surface area contributed by atoms with Gasteiger partial charge >= 0.3 is 0 Å². The van der Waals surface area contributed by atoms with Crippen LogP contribution >= 0.6 is 12.2 Å². The lowest BCUT2D eigenvalue weighted by molar-refractivity contribution is 0.802. The van der Waals surface area contributed by atoms with Crippen molar-refractivity contribution in [2.24, 2.45) is 0 Å². The van der Waals surface area contributed by atoms with Crippen molar-refractivity contribution in [1.29, 1.82) is 0 Å². The summed E-state index contributed by atoms with van der Waals surface area (Å²) < 4.78 is 4.65.